The van der Waals surface area contributed by atoms with Gasteiger partial charge in [-0.05, 0) is 43.1 Å². The molecule has 1 aromatic rings. The normalized spacial score (nSPS) is 12.6. The van der Waals surface area contributed by atoms with Crippen molar-refractivity contribution in [1.29, 1.82) is 0 Å². The van der Waals surface area contributed by atoms with Gasteiger partial charge in [-0.3, -0.25) is 9.59 Å². The Bertz CT molecular complexity index is 505. The molecule has 0 aromatic heterocycles. The van der Waals surface area contributed by atoms with Crippen LogP contribution in [-0.4, -0.2) is 31.4 Å². The molecule has 0 saturated carbocycles. The molecule has 0 saturated heterocycles. The summed E-state index contributed by atoms with van der Waals surface area (Å²) in [5, 5.41) is 2.83. The number of rotatable bonds is 4. The second-order valence-electron chi connectivity index (χ2n) is 4.66. The van der Waals surface area contributed by atoms with Crippen LogP contribution in [0.1, 0.15) is 29.3 Å². The quantitative estimate of drug-likeness (QED) is 0.817. The number of amides is 2. The third kappa shape index (κ3) is 3.49. The number of halogens is 1. The molecule has 2 amide bonds. The van der Waals surface area contributed by atoms with Crippen molar-refractivity contribution in [3.8, 4) is 0 Å². The summed E-state index contributed by atoms with van der Waals surface area (Å²) >= 11 is 0. The SMILES string of the molecule is CC(=O)N1CCc2cc(C(=O)NCCCN)ccc21.Cl. The number of fused-ring (bicyclic) bond motifs is 1. The molecule has 1 aliphatic rings. The van der Waals surface area contributed by atoms with Gasteiger partial charge in [0.15, 0.2) is 0 Å². The van der Waals surface area contributed by atoms with E-state index in [-0.39, 0.29) is 24.2 Å². The standard InChI is InChI=1S/C14H19N3O2.ClH/c1-10(18)17-8-5-11-9-12(3-4-13(11)17)14(19)16-7-2-6-15;/h3-4,9H,2,5-8,15H2,1H3,(H,16,19);1H. The van der Waals surface area contributed by atoms with E-state index in [1.807, 2.05) is 12.1 Å². The highest BCUT2D eigenvalue weighted by Crippen LogP contribution is 2.28. The highest BCUT2D eigenvalue weighted by Gasteiger charge is 2.22. The van der Waals surface area contributed by atoms with E-state index in [1.165, 1.54) is 0 Å². The van der Waals surface area contributed by atoms with Crippen molar-refractivity contribution in [3.05, 3.63) is 29.3 Å². The summed E-state index contributed by atoms with van der Waals surface area (Å²) in [7, 11) is 0. The number of nitrogens with one attached hydrogen (secondary N) is 1. The largest absolute Gasteiger partial charge is 0.352 e. The number of carbonyl (C=O) groups excluding carboxylic acids is 2. The van der Waals surface area contributed by atoms with Crippen LogP contribution in [-0.2, 0) is 11.2 Å². The molecular weight excluding hydrogens is 278 g/mol. The van der Waals surface area contributed by atoms with Gasteiger partial charge in [-0.15, -0.1) is 12.4 Å². The summed E-state index contributed by atoms with van der Waals surface area (Å²) in [6, 6.07) is 5.48. The van der Waals surface area contributed by atoms with Crippen molar-refractivity contribution in [3.63, 3.8) is 0 Å². The first kappa shape index (κ1) is 16.5. The van der Waals surface area contributed by atoms with E-state index in [2.05, 4.69) is 5.32 Å². The lowest BCUT2D eigenvalue weighted by molar-refractivity contribution is -0.116. The van der Waals surface area contributed by atoms with Crippen LogP contribution in [0, 0.1) is 0 Å². The van der Waals surface area contributed by atoms with Gasteiger partial charge in [0.25, 0.3) is 5.91 Å². The number of carbonyl (C=O) groups is 2. The van der Waals surface area contributed by atoms with Gasteiger partial charge in [0, 0.05) is 31.3 Å². The van der Waals surface area contributed by atoms with Crippen LogP contribution >= 0.6 is 12.4 Å². The molecule has 1 aliphatic heterocycles. The maximum atomic E-state index is 11.9. The highest BCUT2D eigenvalue weighted by molar-refractivity contribution is 5.97. The first-order valence-electron chi connectivity index (χ1n) is 6.53. The molecule has 6 heteroatoms. The Morgan fingerprint density at radius 1 is 1.40 bits per heavy atom. The van der Waals surface area contributed by atoms with Gasteiger partial charge in [0.05, 0.1) is 0 Å². The van der Waals surface area contributed by atoms with Gasteiger partial charge in [-0.1, -0.05) is 0 Å². The zero-order chi connectivity index (χ0) is 13.8. The van der Waals surface area contributed by atoms with Crippen LogP contribution < -0.4 is 16.0 Å². The molecule has 3 N–H and O–H groups in total. The topological polar surface area (TPSA) is 75.4 Å². The molecule has 0 atom stereocenters. The van der Waals surface area contributed by atoms with Crippen molar-refractivity contribution in [2.75, 3.05) is 24.5 Å². The summed E-state index contributed by atoms with van der Waals surface area (Å²) in [6.07, 6.45) is 1.58. The van der Waals surface area contributed by atoms with Crippen LogP contribution in [0.2, 0.25) is 0 Å². The van der Waals surface area contributed by atoms with Crippen LogP contribution in [0.5, 0.6) is 0 Å². The van der Waals surface area contributed by atoms with Gasteiger partial charge in [0.2, 0.25) is 5.91 Å². The van der Waals surface area contributed by atoms with Crippen molar-refractivity contribution < 1.29 is 9.59 Å². The van der Waals surface area contributed by atoms with Gasteiger partial charge < -0.3 is 16.0 Å². The minimum atomic E-state index is -0.0856. The second kappa shape index (κ2) is 7.26. The molecule has 2 rings (SSSR count). The Morgan fingerprint density at radius 2 is 2.15 bits per heavy atom. The molecule has 0 fully saturated rings. The van der Waals surface area contributed by atoms with E-state index in [0.717, 1.165) is 24.1 Å². The molecular formula is C14H20ClN3O2. The monoisotopic (exact) mass is 297 g/mol. The third-order valence-electron chi connectivity index (χ3n) is 3.28. The molecule has 0 unspecified atom stereocenters. The average molecular weight is 298 g/mol. The number of hydrogen-bond donors (Lipinski definition) is 2. The Kier molecular flexibility index (Phi) is 5.98. The van der Waals surface area contributed by atoms with Crippen molar-refractivity contribution >= 4 is 29.9 Å². The maximum Gasteiger partial charge on any atom is 0.251 e. The lowest BCUT2D eigenvalue weighted by Crippen LogP contribution is -2.26. The Hall–Kier alpha value is -1.59. The van der Waals surface area contributed by atoms with Gasteiger partial charge in [-0.25, -0.2) is 0 Å². The van der Waals surface area contributed by atoms with Crippen molar-refractivity contribution in [1.82, 2.24) is 5.32 Å². The fourth-order valence-corrected chi connectivity index (χ4v) is 2.28. The van der Waals surface area contributed by atoms with E-state index in [4.69, 9.17) is 5.73 Å². The fraction of sp³-hybridized carbons (Fsp3) is 0.429. The zero-order valence-corrected chi connectivity index (χ0v) is 12.3. The van der Waals surface area contributed by atoms with E-state index >= 15 is 0 Å². The van der Waals surface area contributed by atoms with E-state index in [0.29, 0.717) is 25.2 Å². The minimum Gasteiger partial charge on any atom is -0.352 e. The van der Waals surface area contributed by atoms with Crippen LogP contribution in [0.25, 0.3) is 0 Å². The summed E-state index contributed by atoms with van der Waals surface area (Å²) in [5.41, 5.74) is 8.00. The predicted molar refractivity (Wildman–Crippen MR) is 81.4 cm³/mol. The Morgan fingerprint density at radius 3 is 2.80 bits per heavy atom. The molecule has 20 heavy (non-hydrogen) atoms. The number of hydrogen-bond acceptors (Lipinski definition) is 3. The minimum absolute atomic E-state index is 0. The molecule has 110 valence electrons. The summed E-state index contributed by atoms with van der Waals surface area (Å²) in [4.78, 5) is 25.1. The van der Waals surface area contributed by atoms with Crippen molar-refractivity contribution in [2.24, 2.45) is 5.73 Å². The van der Waals surface area contributed by atoms with Crippen molar-refractivity contribution in [2.45, 2.75) is 19.8 Å². The molecule has 0 spiro atoms. The van der Waals surface area contributed by atoms with Crippen LogP contribution in [0.4, 0.5) is 5.69 Å². The fourth-order valence-electron chi connectivity index (χ4n) is 2.28. The second-order valence-corrected chi connectivity index (χ2v) is 4.66. The summed E-state index contributed by atoms with van der Waals surface area (Å²) in [5.74, 6) is -0.0450. The summed E-state index contributed by atoms with van der Waals surface area (Å²) < 4.78 is 0. The zero-order valence-electron chi connectivity index (χ0n) is 11.5. The lowest BCUT2D eigenvalue weighted by Gasteiger charge is -2.14. The summed E-state index contributed by atoms with van der Waals surface area (Å²) in [6.45, 7) is 3.41. The first-order chi connectivity index (χ1) is 9.13. The highest BCUT2D eigenvalue weighted by atomic mass is 35.5. The molecule has 0 aliphatic carbocycles. The smallest absolute Gasteiger partial charge is 0.251 e. The number of nitrogens with two attached hydrogens (primary N) is 1. The van der Waals surface area contributed by atoms with Crippen LogP contribution in [0.15, 0.2) is 18.2 Å². The van der Waals surface area contributed by atoms with E-state index < -0.39 is 0 Å². The van der Waals surface area contributed by atoms with Gasteiger partial charge in [0.1, 0.15) is 0 Å². The predicted octanol–water partition coefficient (Wildman–Crippen LogP) is 1.10. The first-order valence-corrected chi connectivity index (χ1v) is 6.53. The Labute approximate surface area is 124 Å². The molecule has 0 bridgehead atoms. The molecule has 0 radical (unpaired) electrons. The van der Waals surface area contributed by atoms with E-state index in [9.17, 15) is 9.59 Å². The average Bonchev–Trinajstić information content (AvgIpc) is 2.81. The maximum absolute atomic E-state index is 11.9. The number of anilines is 1. The molecule has 1 heterocycles. The number of benzene rings is 1. The van der Waals surface area contributed by atoms with E-state index in [1.54, 1.807) is 17.9 Å². The Balaban J connectivity index is 0.00000200. The number of nitrogens with zero attached hydrogens (tertiary/aromatic N) is 1. The molecule has 5 nitrogen and oxygen atoms in total. The lowest BCUT2D eigenvalue weighted by atomic mass is 10.1. The van der Waals surface area contributed by atoms with Gasteiger partial charge in [-0.2, -0.15) is 0 Å². The molecule has 1 aromatic carbocycles. The van der Waals surface area contributed by atoms with Crippen LogP contribution in [0.3, 0.4) is 0 Å². The third-order valence-corrected chi connectivity index (χ3v) is 3.28. The van der Waals surface area contributed by atoms with Gasteiger partial charge >= 0.3 is 0 Å².